The van der Waals surface area contributed by atoms with Gasteiger partial charge in [-0.15, -0.1) is 24.0 Å². The van der Waals surface area contributed by atoms with Gasteiger partial charge in [-0.1, -0.05) is 32.0 Å². The SMILES string of the molecule is CCNC(=NCc1oc2ccccc2c1C)NCC(O)(CC)CC.I. The Morgan fingerprint density at radius 3 is 2.44 bits per heavy atom. The number of aliphatic hydroxyl groups is 1. The van der Waals surface area contributed by atoms with E-state index in [9.17, 15) is 5.11 Å². The fraction of sp³-hybridized carbons (Fsp3) is 0.526. The number of furan rings is 1. The molecule has 5 nitrogen and oxygen atoms in total. The van der Waals surface area contributed by atoms with Crippen LogP contribution in [0.25, 0.3) is 11.0 Å². The topological polar surface area (TPSA) is 69.8 Å². The third kappa shape index (κ3) is 5.60. The zero-order valence-electron chi connectivity index (χ0n) is 15.6. The highest BCUT2D eigenvalue weighted by atomic mass is 127. The molecule has 1 aromatic heterocycles. The van der Waals surface area contributed by atoms with Crippen molar-refractivity contribution in [2.24, 2.45) is 4.99 Å². The molecule has 0 saturated carbocycles. The maximum atomic E-state index is 10.4. The Balaban J connectivity index is 0.00000312. The lowest BCUT2D eigenvalue weighted by atomic mass is 9.98. The molecule has 140 valence electrons. The summed E-state index contributed by atoms with van der Waals surface area (Å²) in [5, 5.41) is 18.0. The van der Waals surface area contributed by atoms with Gasteiger partial charge in [0, 0.05) is 24.0 Å². The van der Waals surface area contributed by atoms with Gasteiger partial charge in [0.05, 0.1) is 5.60 Å². The average Bonchev–Trinajstić information content (AvgIpc) is 2.93. The van der Waals surface area contributed by atoms with Crippen LogP contribution < -0.4 is 10.6 Å². The number of nitrogens with one attached hydrogen (secondary N) is 2. The molecule has 0 saturated heterocycles. The van der Waals surface area contributed by atoms with Crippen molar-refractivity contribution in [2.75, 3.05) is 13.1 Å². The summed E-state index contributed by atoms with van der Waals surface area (Å²) < 4.78 is 5.90. The van der Waals surface area contributed by atoms with Crippen LogP contribution in [0.1, 0.15) is 44.9 Å². The summed E-state index contributed by atoms with van der Waals surface area (Å²) in [6, 6.07) is 8.02. The number of hydrogen-bond donors (Lipinski definition) is 3. The van der Waals surface area contributed by atoms with Gasteiger partial charge < -0.3 is 20.2 Å². The minimum absolute atomic E-state index is 0. The molecule has 0 unspecified atom stereocenters. The fourth-order valence-corrected chi connectivity index (χ4v) is 2.62. The van der Waals surface area contributed by atoms with E-state index in [-0.39, 0.29) is 24.0 Å². The Labute approximate surface area is 167 Å². The van der Waals surface area contributed by atoms with Crippen molar-refractivity contribution in [1.82, 2.24) is 10.6 Å². The summed E-state index contributed by atoms with van der Waals surface area (Å²) in [7, 11) is 0. The molecule has 0 aliphatic rings. The number of nitrogens with zero attached hydrogens (tertiary/aromatic N) is 1. The molecule has 0 atom stereocenters. The first kappa shape index (κ1) is 21.8. The number of fused-ring (bicyclic) bond motifs is 1. The average molecular weight is 459 g/mol. The Morgan fingerprint density at radius 1 is 1.16 bits per heavy atom. The normalized spacial score (nSPS) is 12.1. The molecule has 0 aliphatic carbocycles. The minimum Gasteiger partial charge on any atom is -0.459 e. The van der Waals surface area contributed by atoms with Crippen LogP contribution in [0.3, 0.4) is 0 Å². The summed E-state index contributed by atoms with van der Waals surface area (Å²) in [6.45, 7) is 9.78. The molecule has 2 rings (SSSR count). The Bertz CT molecular complexity index is 693. The summed E-state index contributed by atoms with van der Waals surface area (Å²) in [6.07, 6.45) is 1.41. The van der Waals surface area contributed by atoms with Crippen LogP contribution in [0.4, 0.5) is 0 Å². The highest BCUT2D eigenvalue weighted by Gasteiger charge is 2.22. The van der Waals surface area contributed by atoms with Crippen molar-refractivity contribution in [3.05, 3.63) is 35.6 Å². The minimum atomic E-state index is -0.703. The highest BCUT2D eigenvalue weighted by Crippen LogP contribution is 2.25. The molecule has 0 amide bonds. The lowest BCUT2D eigenvalue weighted by Crippen LogP contribution is -2.46. The summed E-state index contributed by atoms with van der Waals surface area (Å²) >= 11 is 0. The molecule has 1 heterocycles. The van der Waals surface area contributed by atoms with Gasteiger partial charge >= 0.3 is 0 Å². The molecular weight excluding hydrogens is 429 g/mol. The van der Waals surface area contributed by atoms with Crippen molar-refractivity contribution in [3.63, 3.8) is 0 Å². The van der Waals surface area contributed by atoms with Crippen LogP contribution in [-0.2, 0) is 6.54 Å². The lowest BCUT2D eigenvalue weighted by Gasteiger charge is -2.26. The zero-order valence-corrected chi connectivity index (χ0v) is 17.9. The number of aliphatic imine (C=N–C) groups is 1. The van der Waals surface area contributed by atoms with Gasteiger partial charge in [-0.3, -0.25) is 0 Å². The van der Waals surface area contributed by atoms with Gasteiger partial charge in [-0.2, -0.15) is 0 Å². The van der Waals surface area contributed by atoms with Gasteiger partial charge in [-0.25, -0.2) is 4.99 Å². The molecule has 1 aromatic carbocycles. The third-order valence-corrected chi connectivity index (χ3v) is 4.57. The van der Waals surface area contributed by atoms with Gasteiger partial charge in [0.1, 0.15) is 17.9 Å². The summed E-state index contributed by atoms with van der Waals surface area (Å²) in [5.41, 5.74) is 1.32. The third-order valence-electron chi connectivity index (χ3n) is 4.57. The first-order valence-corrected chi connectivity index (χ1v) is 8.74. The van der Waals surface area contributed by atoms with Crippen molar-refractivity contribution < 1.29 is 9.52 Å². The van der Waals surface area contributed by atoms with E-state index in [1.54, 1.807) is 0 Å². The largest absolute Gasteiger partial charge is 0.459 e. The Kier molecular flexibility index (Phi) is 8.71. The van der Waals surface area contributed by atoms with E-state index in [2.05, 4.69) is 28.6 Å². The summed E-state index contributed by atoms with van der Waals surface area (Å²) in [5.74, 6) is 1.56. The van der Waals surface area contributed by atoms with E-state index in [1.165, 1.54) is 0 Å². The van der Waals surface area contributed by atoms with Gasteiger partial charge in [0.15, 0.2) is 5.96 Å². The number of rotatable bonds is 7. The molecule has 3 N–H and O–H groups in total. The van der Waals surface area contributed by atoms with Crippen molar-refractivity contribution in [2.45, 2.75) is 52.7 Å². The second kappa shape index (κ2) is 10.0. The van der Waals surface area contributed by atoms with Gasteiger partial charge in [-0.05, 0) is 32.8 Å². The lowest BCUT2D eigenvalue weighted by molar-refractivity contribution is 0.0367. The van der Waals surface area contributed by atoms with Gasteiger partial charge in [0.2, 0.25) is 0 Å². The molecular formula is C19H30IN3O2. The number of guanidine groups is 1. The number of benzene rings is 1. The van der Waals surface area contributed by atoms with Crippen LogP contribution in [0.5, 0.6) is 0 Å². The molecule has 0 spiro atoms. The van der Waals surface area contributed by atoms with Crippen LogP contribution >= 0.6 is 24.0 Å². The first-order chi connectivity index (χ1) is 11.5. The molecule has 0 fully saturated rings. The molecule has 0 aliphatic heterocycles. The standard InChI is InChI=1S/C19H29N3O2.HI/c1-5-19(23,6-2)13-22-18(20-7-3)21-12-17-14(4)15-10-8-9-11-16(15)24-17;/h8-11,23H,5-7,12-13H2,1-4H3,(H2,20,21,22);1H. The van der Waals surface area contributed by atoms with E-state index in [4.69, 9.17) is 4.42 Å². The number of hydrogen-bond acceptors (Lipinski definition) is 3. The number of para-hydroxylation sites is 1. The molecule has 2 aromatic rings. The molecule has 25 heavy (non-hydrogen) atoms. The van der Waals surface area contributed by atoms with E-state index >= 15 is 0 Å². The van der Waals surface area contributed by atoms with E-state index < -0.39 is 5.60 Å². The van der Waals surface area contributed by atoms with Gasteiger partial charge in [0.25, 0.3) is 0 Å². The zero-order chi connectivity index (χ0) is 17.6. The van der Waals surface area contributed by atoms with E-state index in [0.29, 0.717) is 31.9 Å². The molecule has 0 radical (unpaired) electrons. The summed E-state index contributed by atoms with van der Waals surface area (Å²) in [4.78, 5) is 4.60. The maximum absolute atomic E-state index is 10.4. The second-order valence-corrected chi connectivity index (χ2v) is 6.13. The van der Waals surface area contributed by atoms with E-state index in [0.717, 1.165) is 28.8 Å². The second-order valence-electron chi connectivity index (χ2n) is 6.13. The van der Waals surface area contributed by atoms with E-state index in [1.807, 2.05) is 39.0 Å². The molecule has 6 heteroatoms. The Morgan fingerprint density at radius 2 is 1.84 bits per heavy atom. The van der Waals surface area contributed by atoms with Crippen molar-refractivity contribution in [3.8, 4) is 0 Å². The quantitative estimate of drug-likeness (QED) is 0.333. The maximum Gasteiger partial charge on any atom is 0.191 e. The van der Waals surface area contributed by atoms with Crippen molar-refractivity contribution in [1.29, 1.82) is 0 Å². The van der Waals surface area contributed by atoms with Crippen LogP contribution in [0, 0.1) is 6.92 Å². The first-order valence-electron chi connectivity index (χ1n) is 8.74. The molecule has 0 bridgehead atoms. The Hall–Kier alpha value is -1.28. The number of halogens is 1. The smallest absolute Gasteiger partial charge is 0.191 e. The fourth-order valence-electron chi connectivity index (χ4n) is 2.62. The highest BCUT2D eigenvalue weighted by molar-refractivity contribution is 14.0. The van der Waals surface area contributed by atoms with Crippen LogP contribution in [0.15, 0.2) is 33.7 Å². The number of aryl methyl sites for hydroxylation is 1. The van der Waals surface area contributed by atoms with Crippen molar-refractivity contribution >= 4 is 40.9 Å². The van der Waals surface area contributed by atoms with Crippen LogP contribution in [-0.4, -0.2) is 29.8 Å². The predicted molar refractivity (Wildman–Crippen MR) is 115 cm³/mol. The monoisotopic (exact) mass is 459 g/mol. The van der Waals surface area contributed by atoms with Crippen LogP contribution in [0.2, 0.25) is 0 Å². The predicted octanol–water partition coefficient (Wildman–Crippen LogP) is 3.97.